The first-order valence-electron chi connectivity index (χ1n) is 4.94. The highest BCUT2D eigenvalue weighted by molar-refractivity contribution is 5.87. The SMILES string of the molecule is C=CC(=O)N1CCC(C)(c2c[nH]nn2)C1. The van der Waals surface area contributed by atoms with Crippen LogP contribution in [-0.2, 0) is 10.2 Å². The van der Waals surface area contributed by atoms with Crippen molar-refractivity contribution in [2.45, 2.75) is 18.8 Å². The fraction of sp³-hybridized carbons (Fsp3) is 0.500. The lowest BCUT2D eigenvalue weighted by molar-refractivity contribution is -0.125. The van der Waals surface area contributed by atoms with Gasteiger partial charge in [-0.25, -0.2) is 0 Å². The Hall–Kier alpha value is -1.65. The van der Waals surface area contributed by atoms with Crippen LogP contribution in [0.15, 0.2) is 18.9 Å². The molecule has 1 fully saturated rings. The fourth-order valence-electron chi connectivity index (χ4n) is 1.98. The topological polar surface area (TPSA) is 61.9 Å². The van der Waals surface area contributed by atoms with E-state index in [1.807, 2.05) is 0 Å². The normalized spacial score (nSPS) is 25.5. The molecule has 5 nitrogen and oxygen atoms in total. The van der Waals surface area contributed by atoms with E-state index in [4.69, 9.17) is 0 Å². The van der Waals surface area contributed by atoms with E-state index in [1.54, 1.807) is 11.1 Å². The smallest absolute Gasteiger partial charge is 0.245 e. The average molecular weight is 206 g/mol. The van der Waals surface area contributed by atoms with Crippen LogP contribution >= 0.6 is 0 Å². The lowest BCUT2D eigenvalue weighted by Crippen LogP contribution is -2.31. The standard InChI is InChI=1S/C10H14N4O/c1-3-9(15)14-5-4-10(2,7-14)8-6-11-13-12-8/h3,6H,1,4-5,7H2,2H3,(H,11,12,13). The molecule has 0 spiro atoms. The number of hydrogen-bond acceptors (Lipinski definition) is 3. The van der Waals surface area contributed by atoms with Crippen molar-refractivity contribution in [2.24, 2.45) is 0 Å². The van der Waals surface area contributed by atoms with Crippen LogP contribution < -0.4 is 0 Å². The molecule has 1 aromatic rings. The van der Waals surface area contributed by atoms with Gasteiger partial charge in [0.25, 0.3) is 0 Å². The molecule has 1 aliphatic rings. The zero-order chi connectivity index (χ0) is 10.9. The van der Waals surface area contributed by atoms with Gasteiger partial charge in [-0.3, -0.25) is 9.89 Å². The van der Waals surface area contributed by atoms with Crippen molar-refractivity contribution in [2.75, 3.05) is 13.1 Å². The summed E-state index contributed by atoms with van der Waals surface area (Å²) in [7, 11) is 0. The molecule has 80 valence electrons. The summed E-state index contributed by atoms with van der Waals surface area (Å²) in [6, 6.07) is 0. The molecule has 0 saturated carbocycles. The Labute approximate surface area is 88.2 Å². The molecule has 0 aliphatic carbocycles. The number of nitrogens with one attached hydrogen (secondary N) is 1. The van der Waals surface area contributed by atoms with E-state index in [0.29, 0.717) is 6.54 Å². The molecule has 1 aromatic heterocycles. The number of hydrogen-bond donors (Lipinski definition) is 1. The molecule has 1 unspecified atom stereocenters. The number of H-pyrrole nitrogens is 1. The molecule has 1 saturated heterocycles. The molecule has 0 aromatic carbocycles. The van der Waals surface area contributed by atoms with Crippen LogP contribution in [0.4, 0.5) is 0 Å². The van der Waals surface area contributed by atoms with Gasteiger partial charge in [-0.1, -0.05) is 18.7 Å². The zero-order valence-electron chi connectivity index (χ0n) is 8.73. The van der Waals surface area contributed by atoms with Crippen molar-refractivity contribution >= 4 is 5.91 Å². The maximum atomic E-state index is 11.4. The minimum Gasteiger partial charge on any atom is -0.338 e. The Morgan fingerprint density at radius 1 is 1.80 bits per heavy atom. The number of aromatic amines is 1. The summed E-state index contributed by atoms with van der Waals surface area (Å²) in [6.07, 6.45) is 4.07. The Bertz CT molecular complexity index is 373. The predicted octanol–water partition coefficient (Wildman–Crippen LogP) is 0.481. The molecule has 5 heteroatoms. The van der Waals surface area contributed by atoms with E-state index >= 15 is 0 Å². The Morgan fingerprint density at radius 3 is 3.20 bits per heavy atom. The monoisotopic (exact) mass is 206 g/mol. The second kappa shape index (κ2) is 3.49. The molecular weight excluding hydrogens is 192 g/mol. The summed E-state index contributed by atoms with van der Waals surface area (Å²) in [4.78, 5) is 13.2. The minimum absolute atomic E-state index is 0.0118. The highest BCUT2D eigenvalue weighted by Crippen LogP contribution is 2.32. The molecule has 1 aliphatic heterocycles. The van der Waals surface area contributed by atoms with Crippen LogP contribution in [0.2, 0.25) is 0 Å². The number of carbonyl (C=O) groups is 1. The number of amides is 1. The van der Waals surface area contributed by atoms with Crippen molar-refractivity contribution < 1.29 is 4.79 Å². The largest absolute Gasteiger partial charge is 0.338 e. The van der Waals surface area contributed by atoms with Gasteiger partial charge in [-0.2, -0.15) is 0 Å². The van der Waals surface area contributed by atoms with Crippen molar-refractivity contribution in [1.82, 2.24) is 20.3 Å². The Morgan fingerprint density at radius 2 is 2.60 bits per heavy atom. The molecule has 2 rings (SSSR count). The fourth-order valence-corrected chi connectivity index (χ4v) is 1.98. The maximum Gasteiger partial charge on any atom is 0.245 e. The average Bonchev–Trinajstić information content (AvgIpc) is 2.85. The second-order valence-corrected chi connectivity index (χ2v) is 4.13. The van der Waals surface area contributed by atoms with Crippen LogP contribution in [0, 0.1) is 0 Å². The van der Waals surface area contributed by atoms with Gasteiger partial charge >= 0.3 is 0 Å². The number of likely N-dealkylation sites (tertiary alicyclic amines) is 1. The van der Waals surface area contributed by atoms with Crippen LogP contribution in [-0.4, -0.2) is 39.3 Å². The van der Waals surface area contributed by atoms with Gasteiger partial charge in [0.05, 0.1) is 5.69 Å². The van der Waals surface area contributed by atoms with Gasteiger partial charge in [0.1, 0.15) is 0 Å². The van der Waals surface area contributed by atoms with Crippen LogP contribution in [0.25, 0.3) is 0 Å². The van der Waals surface area contributed by atoms with Gasteiger partial charge in [0, 0.05) is 24.7 Å². The zero-order valence-corrected chi connectivity index (χ0v) is 8.73. The summed E-state index contributed by atoms with van der Waals surface area (Å²) >= 11 is 0. The third-order valence-electron chi connectivity index (χ3n) is 2.99. The lowest BCUT2D eigenvalue weighted by Gasteiger charge is -2.21. The van der Waals surface area contributed by atoms with Gasteiger partial charge in [0.2, 0.25) is 5.91 Å². The predicted molar refractivity (Wildman–Crippen MR) is 55.1 cm³/mol. The van der Waals surface area contributed by atoms with E-state index in [1.165, 1.54) is 6.08 Å². The molecule has 1 atom stereocenters. The lowest BCUT2D eigenvalue weighted by atomic mass is 9.87. The summed E-state index contributed by atoms with van der Waals surface area (Å²) < 4.78 is 0. The third-order valence-corrected chi connectivity index (χ3v) is 2.99. The molecule has 0 radical (unpaired) electrons. The molecule has 2 heterocycles. The summed E-state index contributed by atoms with van der Waals surface area (Å²) in [5.41, 5.74) is 0.841. The van der Waals surface area contributed by atoms with Crippen LogP contribution in [0.5, 0.6) is 0 Å². The van der Waals surface area contributed by atoms with Crippen LogP contribution in [0.3, 0.4) is 0 Å². The van der Waals surface area contributed by atoms with Crippen LogP contribution in [0.1, 0.15) is 19.0 Å². The van der Waals surface area contributed by atoms with Crippen molar-refractivity contribution in [3.63, 3.8) is 0 Å². The summed E-state index contributed by atoms with van der Waals surface area (Å²) in [5.74, 6) is -0.0118. The second-order valence-electron chi connectivity index (χ2n) is 4.13. The molecule has 15 heavy (non-hydrogen) atoms. The molecular formula is C10H14N4O. The van der Waals surface area contributed by atoms with Gasteiger partial charge in [0.15, 0.2) is 0 Å². The maximum absolute atomic E-state index is 11.4. The van der Waals surface area contributed by atoms with Crippen molar-refractivity contribution in [1.29, 1.82) is 0 Å². The van der Waals surface area contributed by atoms with E-state index in [9.17, 15) is 4.79 Å². The van der Waals surface area contributed by atoms with E-state index in [2.05, 4.69) is 28.9 Å². The van der Waals surface area contributed by atoms with Gasteiger partial charge < -0.3 is 4.90 Å². The Balaban J connectivity index is 2.15. The molecule has 0 bridgehead atoms. The van der Waals surface area contributed by atoms with E-state index in [-0.39, 0.29) is 11.3 Å². The summed E-state index contributed by atoms with van der Waals surface area (Å²) in [6.45, 7) is 7.03. The van der Waals surface area contributed by atoms with E-state index < -0.39 is 0 Å². The first-order valence-corrected chi connectivity index (χ1v) is 4.94. The minimum atomic E-state index is -0.0777. The molecule has 1 N–H and O–H groups in total. The van der Waals surface area contributed by atoms with Crippen molar-refractivity contribution in [3.05, 3.63) is 24.5 Å². The number of nitrogens with zero attached hydrogens (tertiary/aromatic N) is 3. The quantitative estimate of drug-likeness (QED) is 0.716. The van der Waals surface area contributed by atoms with Gasteiger partial charge in [-0.15, -0.1) is 5.10 Å². The molecule has 1 amide bonds. The number of rotatable bonds is 2. The Kier molecular flexibility index (Phi) is 2.30. The van der Waals surface area contributed by atoms with Crippen molar-refractivity contribution in [3.8, 4) is 0 Å². The third kappa shape index (κ3) is 1.65. The highest BCUT2D eigenvalue weighted by Gasteiger charge is 2.38. The van der Waals surface area contributed by atoms with Gasteiger partial charge in [-0.05, 0) is 12.5 Å². The highest BCUT2D eigenvalue weighted by atomic mass is 16.2. The number of carbonyl (C=O) groups excluding carboxylic acids is 1. The first-order chi connectivity index (χ1) is 7.15. The van der Waals surface area contributed by atoms with E-state index in [0.717, 1.165) is 18.7 Å². The first kappa shape index (κ1) is 9.89. The summed E-state index contributed by atoms with van der Waals surface area (Å²) in [5, 5.41) is 10.4. The number of aromatic nitrogens is 3.